The first kappa shape index (κ1) is 87.5. The summed E-state index contributed by atoms with van der Waals surface area (Å²) in [6.45, 7) is 0. The number of thiophene rings is 2. The fourth-order valence-corrected chi connectivity index (χ4v) is 45.9. The standard InChI is InChI=1S/2C61H42N4SSi2.2Pd/c1-64-51-35-16-15-34-50(51)63-61(64)43-23-22-32-48(41-43)67(44-24-6-2-7-25-44,45-26-8-3-9-27-45)56-42-53-60(58-49-33-14-18-37-54(49)66-59(56)58)68(46-28-10-4-11-29-46,47-30-12-5-13-31-47)55-38-19-17-36-52(55)65(53)57-39-20-21-40-62-57;1-64-51-35-16-15-34-50(51)63-61(64)43-23-22-32-48(41-43)67(44-24-6-2-7-25-44,45-26-8-3-9-27-45)56-42-53-60(59-58(56)49-33-14-18-37-54(49)66-59)68(46-28-10-4-11-29-46,47-30-12-5-13-31-47)55-38-19-17-36-52(55)65(53)57-39-20-21-40-62-57;;/h2*2-40H,1H3;;/q2*-2;2*+2. The molecule has 16 heteroatoms. The van der Waals surface area contributed by atoms with Crippen LogP contribution in [0.2, 0.25) is 0 Å². The van der Waals surface area contributed by atoms with Gasteiger partial charge in [-0.3, -0.25) is 9.97 Å². The van der Waals surface area contributed by atoms with Crippen LogP contribution in [0.3, 0.4) is 0 Å². The number of pyridine rings is 2. The van der Waals surface area contributed by atoms with E-state index in [1.807, 2.05) is 47.2 Å². The summed E-state index contributed by atoms with van der Waals surface area (Å²) in [7, 11) is -8.96. The average molecular weight is 2050 g/mol. The van der Waals surface area contributed by atoms with Crippen molar-refractivity contribution in [2.24, 2.45) is 14.1 Å². The molecule has 0 radical (unpaired) electrons. The van der Waals surface area contributed by atoms with Crippen LogP contribution in [0.1, 0.15) is 0 Å². The van der Waals surface area contributed by atoms with Crippen molar-refractivity contribution in [2.45, 2.75) is 0 Å². The van der Waals surface area contributed by atoms with Crippen molar-refractivity contribution < 1.29 is 40.8 Å². The Kier molecular flexibility index (Phi) is 22.9. The second-order valence-electron chi connectivity index (χ2n) is 35.0. The van der Waals surface area contributed by atoms with Gasteiger partial charge in [0.05, 0.1) is 33.7 Å². The van der Waals surface area contributed by atoms with E-state index in [1.54, 1.807) is 0 Å². The molecule has 0 fully saturated rings. The second kappa shape index (κ2) is 36.2. The Morgan fingerprint density at radius 2 is 0.616 bits per heavy atom. The largest absolute Gasteiger partial charge is 2.00 e. The molecule has 2 aliphatic rings. The Morgan fingerprint density at radius 3 is 1.03 bits per heavy atom. The molecule has 24 aromatic rings. The third-order valence-corrected chi connectivity index (χ3v) is 49.7. The Bertz CT molecular complexity index is 8500. The third kappa shape index (κ3) is 13.6. The quantitative estimate of drug-likeness (QED) is 0.0546. The van der Waals surface area contributed by atoms with Gasteiger partial charge in [0.1, 0.15) is 43.9 Å². The van der Waals surface area contributed by atoms with Gasteiger partial charge < -0.3 is 18.9 Å². The molecule has 2 aliphatic heterocycles. The van der Waals surface area contributed by atoms with Crippen LogP contribution in [0.15, 0.2) is 473 Å². The van der Waals surface area contributed by atoms with Gasteiger partial charge in [-0.25, -0.2) is 21.3 Å². The Morgan fingerprint density at radius 1 is 0.283 bits per heavy atom. The first-order valence-corrected chi connectivity index (χ1v) is 55.8. The van der Waals surface area contributed by atoms with E-state index in [2.05, 4.69) is 506 Å². The number of nitrogens with zero attached hydrogens (tertiary/aromatic N) is 8. The molecule has 0 saturated heterocycles. The number of benzene rings is 18. The summed E-state index contributed by atoms with van der Waals surface area (Å²) in [5.74, 6) is 3.48. The van der Waals surface area contributed by atoms with E-state index in [9.17, 15) is 0 Å². The monoisotopic (exact) mass is 2050 g/mol. The molecule has 0 atom stereocenters. The van der Waals surface area contributed by atoms with E-state index in [1.165, 1.54) is 113 Å². The van der Waals surface area contributed by atoms with E-state index >= 15 is 0 Å². The van der Waals surface area contributed by atoms with E-state index < -0.39 is 32.3 Å². The molecule has 0 spiro atoms. The van der Waals surface area contributed by atoms with Crippen molar-refractivity contribution in [1.29, 1.82) is 0 Å². The summed E-state index contributed by atoms with van der Waals surface area (Å²) in [4.78, 5) is 25.7. The number of aromatic nitrogens is 6. The van der Waals surface area contributed by atoms with Crippen LogP contribution < -0.4 is 92.8 Å². The Labute approximate surface area is 841 Å². The number of aryl methyl sites for hydroxylation is 2. The first-order valence-electron chi connectivity index (χ1n) is 46.1. The Balaban J connectivity index is 0.000000152. The van der Waals surface area contributed by atoms with E-state index in [0.717, 1.165) is 89.6 Å². The van der Waals surface area contributed by atoms with Crippen LogP contribution in [-0.2, 0) is 54.9 Å². The predicted molar refractivity (Wildman–Crippen MR) is 580 cm³/mol. The van der Waals surface area contributed by atoms with Gasteiger partial charge in [-0.05, 0) is 109 Å². The molecular formula is C122H84N8Pd2S2Si4. The maximum atomic E-state index is 5.23. The number of rotatable bonds is 16. The van der Waals surface area contributed by atoms with Gasteiger partial charge in [0.15, 0.2) is 0 Å². The topological polar surface area (TPSA) is 67.9 Å². The number of hydrogen-bond acceptors (Lipinski definition) is 8. The fraction of sp³-hybridized carbons (Fsp3) is 0.0164. The van der Waals surface area contributed by atoms with Crippen molar-refractivity contribution in [3.05, 3.63) is 498 Å². The van der Waals surface area contributed by atoms with Crippen molar-refractivity contribution in [3.8, 4) is 22.8 Å². The molecule has 0 aliphatic carbocycles. The van der Waals surface area contributed by atoms with Gasteiger partial charge in [0, 0.05) is 47.3 Å². The van der Waals surface area contributed by atoms with Crippen LogP contribution in [0.25, 0.3) is 85.2 Å². The second-order valence-corrected chi connectivity index (χ2v) is 51.9. The van der Waals surface area contributed by atoms with Crippen molar-refractivity contribution in [1.82, 2.24) is 29.1 Å². The molecule has 8 heterocycles. The van der Waals surface area contributed by atoms with Crippen LogP contribution in [0.5, 0.6) is 0 Å². The minimum absolute atomic E-state index is 0. The van der Waals surface area contributed by atoms with Crippen LogP contribution >= 0.6 is 22.7 Å². The minimum atomic E-state index is -3.43. The maximum absolute atomic E-state index is 5.23. The fourth-order valence-electron chi connectivity index (χ4n) is 22.4. The first-order chi connectivity index (χ1) is 67.3. The molecule has 26 rings (SSSR count). The number of imidazole rings is 2. The van der Waals surface area contributed by atoms with E-state index in [0.29, 0.717) is 0 Å². The van der Waals surface area contributed by atoms with Crippen molar-refractivity contribution >= 4 is 235 Å². The Hall–Kier alpha value is -14.6. The number of para-hydroxylation sites is 6. The number of hydrogen-bond donors (Lipinski definition) is 0. The molecule has 0 N–H and O–H groups in total. The van der Waals surface area contributed by atoms with Crippen LogP contribution in [0.4, 0.5) is 34.4 Å². The molecule has 18 aromatic carbocycles. The smallest absolute Gasteiger partial charge is 0.367 e. The predicted octanol–water partition coefficient (Wildman–Crippen LogP) is 18.3. The average Bonchev–Trinajstić information content (AvgIpc) is 1.31. The van der Waals surface area contributed by atoms with Crippen LogP contribution in [0, 0.1) is 24.3 Å². The molecule has 660 valence electrons. The van der Waals surface area contributed by atoms with Gasteiger partial charge >= 0.3 is 40.8 Å². The van der Waals surface area contributed by atoms with Gasteiger partial charge in [-0.1, -0.05) is 399 Å². The third-order valence-electron chi connectivity index (χ3n) is 28.0. The van der Waals surface area contributed by atoms with E-state index in [-0.39, 0.29) is 40.8 Å². The zero-order valence-corrected chi connectivity index (χ0v) is 83.8. The van der Waals surface area contributed by atoms with Crippen LogP contribution in [-0.4, -0.2) is 61.4 Å². The molecule has 0 amide bonds. The normalized spacial score (nSPS) is 13.0. The summed E-state index contributed by atoms with van der Waals surface area (Å²) in [5.41, 5.74) is 10.4. The SMILES string of the molecule is Cn1c(-c2[c-]c([Si](c3ccccc3)(c3ccccc3)c3[c-]c4c(c5c3sc3ccccc35)[Si](c3ccccc3)(c3ccccc3)c3ccccc3N4c3ccccn3)ccc2)nc2ccccc21.Cn1c(-c2[c-]c([Si](c3ccccc3)(c3ccccc3)c3[c-]c4c(c5sc6ccccc6c35)[Si](c3ccccc3)(c3ccccc3)c3ccccc3N4c3ccccn3)ccc2)nc2ccccc21.[Pd+2].[Pd+2]. The molecule has 6 aromatic heterocycles. The summed E-state index contributed by atoms with van der Waals surface area (Å²) < 4.78 is 9.45. The van der Waals surface area contributed by atoms with Gasteiger partial charge in [0.25, 0.3) is 0 Å². The molecule has 8 nitrogen and oxygen atoms in total. The summed E-state index contributed by atoms with van der Waals surface area (Å²) in [6, 6.07) is 187. The van der Waals surface area contributed by atoms with Crippen molar-refractivity contribution in [3.63, 3.8) is 0 Å². The van der Waals surface area contributed by atoms with Gasteiger partial charge in [-0.2, -0.15) is 23.5 Å². The zero-order valence-electron chi connectivity index (χ0n) is 75.1. The summed E-state index contributed by atoms with van der Waals surface area (Å²) >= 11 is 3.84. The summed E-state index contributed by atoms with van der Waals surface area (Å²) in [5, 5.41) is 25.4. The summed E-state index contributed by atoms with van der Waals surface area (Å²) in [6.07, 6.45) is 3.83. The molecule has 0 bridgehead atoms. The van der Waals surface area contributed by atoms with Gasteiger partial charge in [0.2, 0.25) is 0 Å². The molecule has 0 saturated carbocycles. The number of anilines is 6. The number of fused-ring (bicyclic) bond motifs is 14. The maximum Gasteiger partial charge on any atom is 2.00 e. The molecule has 138 heavy (non-hydrogen) atoms. The minimum Gasteiger partial charge on any atom is -0.367 e. The zero-order chi connectivity index (χ0) is 90.5. The van der Waals surface area contributed by atoms with Crippen molar-refractivity contribution in [2.75, 3.05) is 9.80 Å². The van der Waals surface area contributed by atoms with Gasteiger partial charge in [-0.15, -0.1) is 102 Å². The molecular weight excluding hydrogens is 1970 g/mol. The molecule has 0 unspecified atom stereocenters. The van der Waals surface area contributed by atoms with E-state index in [4.69, 9.17) is 19.9 Å².